The number of nitrogens with zero attached hydrogens (tertiary/aromatic N) is 5. The van der Waals surface area contributed by atoms with Crippen LogP contribution in [-0.2, 0) is 6.42 Å². The zero-order valence-corrected chi connectivity index (χ0v) is 15.6. The number of piperazine rings is 1. The molecule has 1 aliphatic heterocycles. The number of hydrogen-bond donors (Lipinski definition) is 0. The smallest absolute Gasteiger partial charge is 0.272 e. The van der Waals surface area contributed by atoms with Gasteiger partial charge in [-0.05, 0) is 42.8 Å². The van der Waals surface area contributed by atoms with E-state index >= 15 is 0 Å². The first kappa shape index (κ1) is 18.3. The van der Waals surface area contributed by atoms with Crippen molar-refractivity contribution >= 4 is 11.6 Å². The summed E-state index contributed by atoms with van der Waals surface area (Å²) in [6, 6.07) is 7.80. The lowest BCUT2D eigenvalue weighted by molar-refractivity contribution is 0.0791. The number of carbonyl (C=O) groups excluding carboxylic acids is 1. The zero-order valence-electron chi connectivity index (χ0n) is 15.6. The van der Waals surface area contributed by atoms with E-state index in [9.17, 15) is 4.79 Å². The van der Waals surface area contributed by atoms with Gasteiger partial charge in [0.15, 0.2) is 0 Å². The van der Waals surface area contributed by atoms with Crippen molar-refractivity contribution in [2.45, 2.75) is 13.3 Å². The van der Waals surface area contributed by atoms with Gasteiger partial charge in [-0.15, -0.1) is 0 Å². The fourth-order valence-corrected chi connectivity index (χ4v) is 3.17. The lowest BCUT2D eigenvalue weighted by atomic mass is 10.2. The third kappa shape index (κ3) is 4.58. The highest BCUT2D eigenvalue weighted by molar-refractivity contribution is 5.92. The first-order valence-electron chi connectivity index (χ1n) is 9.25. The summed E-state index contributed by atoms with van der Waals surface area (Å²) < 4.78 is 0. The third-order valence-electron chi connectivity index (χ3n) is 4.98. The van der Waals surface area contributed by atoms with Crippen molar-refractivity contribution in [1.82, 2.24) is 19.8 Å². The lowest BCUT2D eigenvalue weighted by Crippen LogP contribution is -2.46. The molecule has 3 rings (SSSR count). The number of rotatable bonds is 6. The van der Waals surface area contributed by atoms with Crippen LogP contribution in [0.1, 0.15) is 23.0 Å². The van der Waals surface area contributed by atoms with E-state index < -0.39 is 0 Å². The summed E-state index contributed by atoms with van der Waals surface area (Å²) in [7, 11) is 1.82. The second-order valence-corrected chi connectivity index (χ2v) is 6.66. The van der Waals surface area contributed by atoms with Crippen molar-refractivity contribution in [2.75, 3.05) is 51.2 Å². The van der Waals surface area contributed by atoms with Crippen molar-refractivity contribution in [3.63, 3.8) is 0 Å². The summed E-state index contributed by atoms with van der Waals surface area (Å²) in [4.78, 5) is 27.5. The number of aromatic nitrogens is 2. The fraction of sp³-hybridized carbons (Fsp3) is 0.450. The topological polar surface area (TPSA) is 52.6 Å². The summed E-state index contributed by atoms with van der Waals surface area (Å²) in [6.45, 7) is 8.13. The minimum atomic E-state index is -0.0404. The highest BCUT2D eigenvalue weighted by Crippen LogP contribution is 2.16. The van der Waals surface area contributed by atoms with E-state index in [1.54, 1.807) is 17.3 Å². The van der Waals surface area contributed by atoms with Gasteiger partial charge in [0, 0.05) is 52.2 Å². The second-order valence-electron chi connectivity index (χ2n) is 6.66. The second kappa shape index (κ2) is 8.76. The van der Waals surface area contributed by atoms with Crippen LogP contribution in [0.5, 0.6) is 0 Å². The molecule has 0 saturated carbocycles. The summed E-state index contributed by atoms with van der Waals surface area (Å²) in [5.74, 6) is -0.0404. The van der Waals surface area contributed by atoms with Gasteiger partial charge in [-0.25, -0.2) is 4.98 Å². The number of likely N-dealkylation sites (N-methyl/N-ethyl adjacent to an activating group) is 2. The lowest BCUT2D eigenvalue weighted by Gasteiger charge is -2.35. The Morgan fingerprint density at radius 1 is 1.12 bits per heavy atom. The number of anilines is 1. The number of pyridine rings is 2. The van der Waals surface area contributed by atoms with Crippen LogP contribution in [0.15, 0.2) is 42.9 Å². The van der Waals surface area contributed by atoms with Gasteiger partial charge in [-0.1, -0.05) is 6.92 Å². The molecule has 2 aromatic rings. The maximum absolute atomic E-state index is 12.6. The van der Waals surface area contributed by atoms with Crippen molar-refractivity contribution in [2.24, 2.45) is 0 Å². The van der Waals surface area contributed by atoms with Crippen molar-refractivity contribution in [3.8, 4) is 0 Å². The summed E-state index contributed by atoms with van der Waals surface area (Å²) >= 11 is 0. The van der Waals surface area contributed by atoms with E-state index in [1.807, 2.05) is 37.5 Å². The van der Waals surface area contributed by atoms with E-state index in [4.69, 9.17) is 0 Å². The Balaban J connectivity index is 1.55. The van der Waals surface area contributed by atoms with Crippen LogP contribution in [0.2, 0.25) is 0 Å². The van der Waals surface area contributed by atoms with Gasteiger partial charge in [-0.2, -0.15) is 0 Å². The number of carbonyl (C=O) groups is 1. The number of hydrogen-bond acceptors (Lipinski definition) is 5. The Hall–Kier alpha value is -2.47. The Morgan fingerprint density at radius 3 is 2.46 bits per heavy atom. The maximum Gasteiger partial charge on any atom is 0.272 e. The molecule has 0 aliphatic carbocycles. The summed E-state index contributed by atoms with van der Waals surface area (Å²) in [5.41, 5.74) is 2.77. The molecule has 1 aliphatic rings. The molecule has 0 bridgehead atoms. The molecule has 138 valence electrons. The molecule has 6 heteroatoms. The molecule has 0 unspecified atom stereocenters. The predicted octanol–water partition coefficient (Wildman–Crippen LogP) is 1.93. The molecule has 1 saturated heterocycles. The predicted molar refractivity (Wildman–Crippen MR) is 103 cm³/mol. The minimum Gasteiger partial charge on any atom is -0.368 e. The van der Waals surface area contributed by atoms with Gasteiger partial charge in [0.1, 0.15) is 5.69 Å². The van der Waals surface area contributed by atoms with Crippen LogP contribution in [0.3, 0.4) is 0 Å². The quantitative estimate of drug-likeness (QED) is 0.794. The molecule has 0 N–H and O–H groups in total. The van der Waals surface area contributed by atoms with E-state index in [-0.39, 0.29) is 5.91 Å². The Morgan fingerprint density at radius 2 is 1.85 bits per heavy atom. The molecule has 3 heterocycles. The van der Waals surface area contributed by atoms with Gasteiger partial charge in [0.25, 0.3) is 5.91 Å². The summed E-state index contributed by atoms with van der Waals surface area (Å²) in [5, 5.41) is 0. The van der Waals surface area contributed by atoms with Crippen LogP contribution in [-0.4, -0.2) is 72.0 Å². The minimum absolute atomic E-state index is 0.0404. The average molecular weight is 353 g/mol. The molecule has 6 nitrogen and oxygen atoms in total. The Labute approximate surface area is 155 Å². The monoisotopic (exact) mass is 353 g/mol. The number of amides is 1. The van der Waals surface area contributed by atoms with Crippen LogP contribution >= 0.6 is 0 Å². The third-order valence-corrected chi connectivity index (χ3v) is 4.98. The molecule has 1 fully saturated rings. The van der Waals surface area contributed by atoms with Gasteiger partial charge in [-0.3, -0.25) is 9.78 Å². The van der Waals surface area contributed by atoms with E-state index in [0.717, 1.165) is 44.8 Å². The Bertz CT molecular complexity index is 696. The van der Waals surface area contributed by atoms with E-state index in [0.29, 0.717) is 12.2 Å². The first-order chi connectivity index (χ1) is 12.7. The largest absolute Gasteiger partial charge is 0.368 e. The van der Waals surface area contributed by atoms with Crippen molar-refractivity contribution in [3.05, 3.63) is 54.1 Å². The highest BCUT2D eigenvalue weighted by atomic mass is 16.2. The molecule has 1 amide bonds. The molecule has 26 heavy (non-hydrogen) atoms. The average Bonchev–Trinajstić information content (AvgIpc) is 2.72. The molecule has 2 aromatic heterocycles. The van der Waals surface area contributed by atoms with Crippen molar-refractivity contribution < 1.29 is 4.79 Å². The molecule has 0 spiro atoms. The van der Waals surface area contributed by atoms with E-state index in [2.05, 4.69) is 26.7 Å². The molecule has 0 radical (unpaired) electrons. The van der Waals surface area contributed by atoms with Crippen LogP contribution in [0.25, 0.3) is 0 Å². The van der Waals surface area contributed by atoms with Crippen molar-refractivity contribution in [1.29, 1.82) is 0 Å². The molecular weight excluding hydrogens is 326 g/mol. The SMILES string of the molecule is CCN1CCN(c2ccc(C(=O)N(C)CCc3ccncc3)nc2)CC1. The van der Waals surface area contributed by atoms with E-state index in [1.165, 1.54) is 5.56 Å². The van der Waals surface area contributed by atoms with Crippen LogP contribution in [0, 0.1) is 0 Å². The van der Waals surface area contributed by atoms with Crippen LogP contribution < -0.4 is 4.90 Å². The first-order valence-corrected chi connectivity index (χ1v) is 9.25. The fourth-order valence-electron chi connectivity index (χ4n) is 3.17. The highest BCUT2D eigenvalue weighted by Gasteiger charge is 2.17. The zero-order chi connectivity index (χ0) is 18.4. The molecular formula is C20H27N5O. The van der Waals surface area contributed by atoms with Crippen LogP contribution in [0.4, 0.5) is 5.69 Å². The normalized spacial score (nSPS) is 15.1. The van der Waals surface area contributed by atoms with Gasteiger partial charge in [0.2, 0.25) is 0 Å². The molecule has 0 atom stereocenters. The van der Waals surface area contributed by atoms with Gasteiger partial charge in [0.05, 0.1) is 11.9 Å². The molecule has 0 aromatic carbocycles. The Kier molecular flexibility index (Phi) is 6.17. The maximum atomic E-state index is 12.6. The summed E-state index contributed by atoms with van der Waals surface area (Å²) in [6.07, 6.45) is 6.19. The van der Waals surface area contributed by atoms with Gasteiger partial charge >= 0.3 is 0 Å². The standard InChI is InChI=1S/C20H27N5O/c1-3-24-12-14-25(15-13-24)18-4-5-19(22-16-18)20(26)23(2)11-8-17-6-9-21-10-7-17/h4-7,9-10,16H,3,8,11-15H2,1-2H3. The van der Waals surface area contributed by atoms with Gasteiger partial charge < -0.3 is 14.7 Å².